The van der Waals surface area contributed by atoms with Crippen molar-refractivity contribution in [3.63, 3.8) is 0 Å². The lowest BCUT2D eigenvalue weighted by atomic mass is 9.60. The molecule has 2 unspecified atom stereocenters. The van der Waals surface area contributed by atoms with E-state index in [2.05, 4.69) is 80.2 Å². The van der Waals surface area contributed by atoms with Crippen molar-refractivity contribution in [3.05, 3.63) is 101 Å². The van der Waals surface area contributed by atoms with Crippen LogP contribution in [0.2, 0.25) is 0 Å². The summed E-state index contributed by atoms with van der Waals surface area (Å²) in [5.74, 6) is 1.38. The van der Waals surface area contributed by atoms with E-state index in [1.54, 1.807) is 11.1 Å². The molecule has 334 valence electrons. The maximum absolute atomic E-state index is 13.5. The van der Waals surface area contributed by atoms with Crippen molar-refractivity contribution in [2.45, 2.75) is 83.3 Å². The lowest BCUT2D eigenvalue weighted by Crippen LogP contribution is -2.68. The fraction of sp³-hybridized carbons (Fsp3) is 0.449. The first-order valence-corrected chi connectivity index (χ1v) is 22.9. The summed E-state index contributed by atoms with van der Waals surface area (Å²) in [6.45, 7) is 14.8. The Morgan fingerprint density at radius 2 is 1.78 bits per heavy atom. The number of hydrogen-bond donors (Lipinski definition) is 2. The van der Waals surface area contributed by atoms with Crippen molar-refractivity contribution >= 4 is 59.2 Å². The second-order valence-electron chi connectivity index (χ2n) is 18.2. The van der Waals surface area contributed by atoms with Gasteiger partial charge >= 0.3 is 0 Å². The summed E-state index contributed by atoms with van der Waals surface area (Å²) in [6, 6.07) is 18.4. The molecule has 4 aromatic rings. The Bertz CT molecular complexity index is 2400. The molecular formula is C49H59N11O4. The van der Waals surface area contributed by atoms with Gasteiger partial charge in [0, 0.05) is 117 Å². The first-order valence-electron chi connectivity index (χ1n) is 22.9. The van der Waals surface area contributed by atoms with E-state index < -0.39 is 11.9 Å². The third kappa shape index (κ3) is 8.11. The fourth-order valence-corrected chi connectivity index (χ4v) is 10.8. The number of nitrogens with zero attached hydrogens (tertiary/aromatic N) is 9. The van der Waals surface area contributed by atoms with Crippen molar-refractivity contribution in [2.24, 2.45) is 5.41 Å². The van der Waals surface area contributed by atoms with E-state index in [0.29, 0.717) is 72.0 Å². The highest BCUT2D eigenvalue weighted by molar-refractivity contribution is 6.03. The van der Waals surface area contributed by atoms with Crippen molar-refractivity contribution in [3.8, 4) is 0 Å². The highest BCUT2D eigenvalue weighted by Crippen LogP contribution is 2.52. The maximum Gasteiger partial charge on any atom is 0.255 e. The quantitative estimate of drug-likeness (QED) is 0.0703. The lowest BCUT2D eigenvalue weighted by Gasteiger charge is -2.62. The van der Waals surface area contributed by atoms with Crippen LogP contribution in [-0.2, 0) is 22.6 Å². The molecule has 9 rings (SSSR count). The number of rotatable bonds is 17. The summed E-state index contributed by atoms with van der Waals surface area (Å²) in [5, 5.41) is 9.47. The SMILES string of the molecule is C=CCN(C)N(c1ccc2c(n1)C(CC)CC2)c1nc(Nc2ccc(N3CC4(CC(N5CCN(c6cccc7c6CN(C(CCC)C(=O)NC=O)C7=O)CC5)C4)C3)cc2)ncc1C=O. The molecule has 2 N–H and O–H groups in total. The van der Waals surface area contributed by atoms with Gasteiger partial charge in [0.25, 0.3) is 5.91 Å². The van der Waals surface area contributed by atoms with Crippen LogP contribution in [0.3, 0.4) is 0 Å². The molecule has 3 amide bonds. The molecule has 5 heterocycles. The van der Waals surface area contributed by atoms with Crippen LogP contribution in [0.25, 0.3) is 0 Å². The Morgan fingerprint density at radius 1 is 1.00 bits per heavy atom. The minimum absolute atomic E-state index is 0.146. The van der Waals surface area contributed by atoms with Crippen LogP contribution in [-0.4, -0.2) is 119 Å². The average molecular weight is 866 g/mol. The van der Waals surface area contributed by atoms with Crippen LogP contribution in [0, 0.1) is 5.41 Å². The number of hydrazine groups is 1. The maximum atomic E-state index is 13.5. The number of aryl methyl sites for hydroxylation is 1. The van der Waals surface area contributed by atoms with Crippen molar-refractivity contribution in [2.75, 3.05) is 73.0 Å². The number of aldehydes is 1. The number of aromatic nitrogens is 3. The van der Waals surface area contributed by atoms with E-state index in [1.165, 1.54) is 24.1 Å². The minimum atomic E-state index is -0.672. The number of likely N-dealkylation sites (N-methyl/N-ethyl adjacent to an activating group) is 1. The van der Waals surface area contributed by atoms with Gasteiger partial charge in [0.2, 0.25) is 18.3 Å². The average Bonchev–Trinajstić information content (AvgIpc) is 3.85. The van der Waals surface area contributed by atoms with E-state index >= 15 is 0 Å². The topological polar surface area (TPSA) is 150 Å². The molecule has 2 aromatic carbocycles. The normalized spacial score (nSPS) is 19.5. The molecule has 2 aliphatic carbocycles. The molecule has 15 nitrogen and oxygen atoms in total. The first-order chi connectivity index (χ1) is 31.2. The van der Waals surface area contributed by atoms with E-state index in [4.69, 9.17) is 9.97 Å². The molecule has 15 heteroatoms. The van der Waals surface area contributed by atoms with Gasteiger partial charge < -0.3 is 20.0 Å². The van der Waals surface area contributed by atoms with Gasteiger partial charge in [0.15, 0.2) is 12.1 Å². The highest BCUT2D eigenvalue weighted by Gasteiger charge is 2.54. The van der Waals surface area contributed by atoms with Crippen LogP contribution in [0.4, 0.5) is 34.6 Å². The molecule has 0 radical (unpaired) electrons. The number of anilines is 6. The zero-order valence-electron chi connectivity index (χ0n) is 37.2. The van der Waals surface area contributed by atoms with Gasteiger partial charge in [0.1, 0.15) is 11.9 Å². The fourth-order valence-electron chi connectivity index (χ4n) is 10.8. The van der Waals surface area contributed by atoms with E-state index in [0.717, 1.165) is 93.9 Å². The molecule has 2 atom stereocenters. The summed E-state index contributed by atoms with van der Waals surface area (Å²) in [4.78, 5) is 73.2. The van der Waals surface area contributed by atoms with Gasteiger partial charge in [-0.2, -0.15) is 4.98 Å². The van der Waals surface area contributed by atoms with Gasteiger partial charge in [-0.1, -0.05) is 38.5 Å². The second kappa shape index (κ2) is 18.1. The zero-order valence-corrected chi connectivity index (χ0v) is 37.2. The molecular weight excluding hydrogens is 807 g/mol. The molecule has 3 aliphatic heterocycles. The number of hydrogen-bond acceptors (Lipinski definition) is 13. The van der Waals surface area contributed by atoms with E-state index in [-0.39, 0.29) is 5.91 Å². The largest absolute Gasteiger partial charge is 0.370 e. The Labute approximate surface area is 375 Å². The predicted molar refractivity (Wildman–Crippen MR) is 248 cm³/mol. The Morgan fingerprint density at radius 3 is 2.48 bits per heavy atom. The van der Waals surface area contributed by atoms with Crippen molar-refractivity contribution < 1.29 is 19.2 Å². The smallest absolute Gasteiger partial charge is 0.255 e. The highest BCUT2D eigenvalue weighted by atomic mass is 16.2. The van der Waals surface area contributed by atoms with Gasteiger partial charge in [-0.05, 0) is 86.6 Å². The predicted octanol–water partition coefficient (Wildman–Crippen LogP) is 6.23. The number of carbonyl (C=O) groups excluding carboxylic acids is 4. The minimum Gasteiger partial charge on any atom is -0.370 e. The third-order valence-electron chi connectivity index (χ3n) is 14.2. The van der Waals surface area contributed by atoms with Crippen LogP contribution >= 0.6 is 0 Å². The van der Waals surface area contributed by atoms with Crippen LogP contribution in [0.5, 0.6) is 0 Å². The third-order valence-corrected chi connectivity index (χ3v) is 14.2. The Kier molecular flexibility index (Phi) is 12.2. The van der Waals surface area contributed by atoms with Crippen LogP contribution < -0.4 is 25.4 Å². The zero-order chi connectivity index (χ0) is 44.5. The molecule has 64 heavy (non-hydrogen) atoms. The van der Waals surface area contributed by atoms with Crippen LogP contribution in [0.15, 0.2) is 73.4 Å². The molecule has 0 bridgehead atoms. The van der Waals surface area contributed by atoms with Gasteiger partial charge in [-0.3, -0.25) is 29.4 Å². The van der Waals surface area contributed by atoms with Crippen molar-refractivity contribution in [1.29, 1.82) is 0 Å². The molecule has 2 aromatic heterocycles. The number of pyridine rings is 1. The van der Waals surface area contributed by atoms with E-state index in [1.807, 2.05) is 48.3 Å². The van der Waals surface area contributed by atoms with Gasteiger partial charge in [-0.25, -0.2) is 20.0 Å². The van der Waals surface area contributed by atoms with Gasteiger partial charge in [0.05, 0.1) is 5.56 Å². The molecule has 1 saturated carbocycles. The Balaban J connectivity index is 0.789. The summed E-state index contributed by atoms with van der Waals surface area (Å²) < 4.78 is 0. The summed E-state index contributed by atoms with van der Waals surface area (Å²) in [5.41, 5.74) is 7.87. The number of benzene rings is 2. The molecule has 1 spiro atoms. The van der Waals surface area contributed by atoms with E-state index in [9.17, 15) is 19.2 Å². The number of imide groups is 1. The summed E-state index contributed by atoms with van der Waals surface area (Å²) in [7, 11) is 1.94. The lowest BCUT2D eigenvalue weighted by molar-refractivity contribution is -0.129. The molecule has 3 fully saturated rings. The monoisotopic (exact) mass is 865 g/mol. The van der Waals surface area contributed by atoms with Gasteiger partial charge in [-0.15, -0.1) is 6.58 Å². The standard InChI is InChI=1S/C49H59N11O4/c1-5-9-42(46(63)51-32-62)59-28-40-39(47(59)64)10-8-11-41(40)57-23-21-56(22-24-57)38-25-49(26-38)30-58(31-49)37-17-15-36(16-18-37)52-48-50-27-35(29-61)45(54-48)60(55(4)20-6-2)43-19-14-34-13-12-33(7-3)44(34)53-43/h6,8,10-11,14-19,27,29,32-33,38,42H,2,5,7,9,12-13,20-26,28,30-31H2,1,3-4H3,(H,50,52,54)(H,51,62,63). The number of carbonyl (C=O) groups is 4. The Hall–Kier alpha value is -6.19. The second-order valence-corrected chi connectivity index (χ2v) is 18.2. The molecule has 5 aliphatic rings. The van der Waals surface area contributed by atoms with Crippen molar-refractivity contribution in [1.82, 2.24) is 35.1 Å². The number of piperazine rings is 1. The summed E-state index contributed by atoms with van der Waals surface area (Å²) in [6.07, 6.45) is 11.3. The number of nitrogens with one attached hydrogen (secondary N) is 2. The number of amides is 3. The first kappa shape index (κ1) is 43.1. The number of fused-ring (bicyclic) bond motifs is 2. The summed E-state index contributed by atoms with van der Waals surface area (Å²) >= 11 is 0. The molecule has 2 saturated heterocycles. The van der Waals surface area contributed by atoms with Crippen LogP contribution in [0.1, 0.15) is 95.8 Å².